The number of carbonyl (C=O) groups excluding carboxylic acids is 1. The first kappa shape index (κ1) is 11.1. The summed E-state index contributed by atoms with van der Waals surface area (Å²) in [6.45, 7) is 6.17. The van der Waals surface area contributed by atoms with E-state index in [9.17, 15) is 4.79 Å². The topological polar surface area (TPSA) is 29.1 Å². The summed E-state index contributed by atoms with van der Waals surface area (Å²) < 4.78 is 0. The minimum atomic E-state index is -0.0323. The second-order valence-corrected chi connectivity index (χ2v) is 5.59. The molecule has 1 saturated heterocycles. The van der Waals surface area contributed by atoms with Gasteiger partial charge in [-0.1, -0.05) is 33.1 Å². The maximum Gasteiger partial charge on any atom is 0.144 e. The fourth-order valence-corrected chi connectivity index (χ4v) is 3.16. The Hall–Kier alpha value is -0.370. The van der Waals surface area contributed by atoms with E-state index in [1.54, 1.807) is 0 Å². The maximum atomic E-state index is 12.4. The fourth-order valence-electron chi connectivity index (χ4n) is 3.16. The molecule has 2 nitrogen and oxygen atoms in total. The van der Waals surface area contributed by atoms with Crippen molar-refractivity contribution in [2.24, 2.45) is 17.3 Å². The van der Waals surface area contributed by atoms with Gasteiger partial charge in [-0.3, -0.25) is 4.79 Å². The minimum Gasteiger partial charge on any atom is -0.315 e. The van der Waals surface area contributed by atoms with Crippen molar-refractivity contribution in [2.45, 2.75) is 46.0 Å². The van der Waals surface area contributed by atoms with Crippen LogP contribution in [0.15, 0.2) is 0 Å². The molecule has 2 aliphatic rings. The van der Waals surface area contributed by atoms with Gasteiger partial charge in [0.2, 0.25) is 0 Å². The number of ketones is 1. The second-order valence-electron chi connectivity index (χ2n) is 5.59. The highest BCUT2D eigenvalue weighted by molar-refractivity contribution is 5.88. The molecule has 0 spiro atoms. The molecule has 2 unspecified atom stereocenters. The SMILES string of the molecule is CCC1CCCCC1C(=O)C1(C)CNC1. The Labute approximate surface area is 92.8 Å². The highest BCUT2D eigenvalue weighted by Crippen LogP contribution is 2.38. The average molecular weight is 209 g/mol. The zero-order chi connectivity index (χ0) is 10.9. The summed E-state index contributed by atoms with van der Waals surface area (Å²) in [5.41, 5.74) is -0.0323. The summed E-state index contributed by atoms with van der Waals surface area (Å²) >= 11 is 0. The van der Waals surface area contributed by atoms with E-state index in [4.69, 9.17) is 0 Å². The van der Waals surface area contributed by atoms with Crippen molar-refractivity contribution in [3.05, 3.63) is 0 Å². The van der Waals surface area contributed by atoms with Crippen molar-refractivity contribution in [3.63, 3.8) is 0 Å². The Kier molecular flexibility index (Phi) is 3.15. The molecule has 0 radical (unpaired) electrons. The van der Waals surface area contributed by atoms with Crippen LogP contribution in [0.5, 0.6) is 0 Å². The van der Waals surface area contributed by atoms with Gasteiger partial charge in [-0.25, -0.2) is 0 Å². The normalized spacial score (nSPS) is 34.5. The lowest BCUT2D eigenvalue weighted by molar-refractivity contribution is -0.137. The predicted molar refractivity (Wildman–Crippen MR) is 61.7 cm³/mol. The zero-order valence-electron chi connectivity index (χ0n) is 10.0. The Morgan fingerprint density at radius 3 is 2.53 bits per heavy atom. The van der Waals surface area contributed by atoms with E-state index in [2.05, 4.69) is 19.2 Å². The van der Waals surface area contributed by atoms with Gasteiger partial charge in [0.15, 0.2) is 0 Å². The van der Waals surface area contributed by atoms with Crippen molar-refractivity contribution in [1.82, 2.24) is 5.32 Å². The molecule has 2 atom stereocenters. The number of Topliss-reactive ketones (excluding diaryl/α,β-unsaturated/α-hetero) is 1. The molecule has 0 aromatic heterocycles. The minimum absolute atomic E-state index is 0.0323. The first-order valence-corrected chi connectivity index (χ1v) is 6.42. The first-order valence-electron chi connectivity index (χ1n) is 6.42. The molecule has 2 rings (SSSR count). The summed E-state index contributed by atoms with van der Waals surface area (Å²) in [4.78, 5) is 12.4. The molecule has 0 aromatic rings. The van der Waals surface area contributed by atoms with Gasteiger partial charge in [-0.2, -0.15) is 0 Å². The van der Waals surface area contributed by atoms with Gasteiger partial charge in [-0.15, -0.1) is 0 Å². The molecule has 1 heterocycles. The molecular weight excluding hydrogens is 186 g/mol. The summed E-state index contributed by atoms with van der Waals surface area (Å²) in [6.07, 6.45) is 6.19. The van der Waals surface area contributed by atoms with Crippen LogP contribution in [0.4, 0.5) is 0 Å². The Bertz CT molecular complexity index is 245. The maximum absolute atomic E-state index is 12.4. The van der Waals surface area contributed by atoms with E-state index in [1.807, 2.05) is 0 Å². The zero-order valence-corrected chi connectivity index (χ0v) is 10.0. The number of rotatable bonds is 3. The van der Waals surface area contributed by atoms with Crippen LogP contribution in [0.3, 0.4) is 0 Å². The number of carbonyl (C=O) groups is 1. The van der Waals surface area contributed by atoms with E-state index in [0.717, 1.165) is 19.5 Å². The molecule has 2 fully saturated rings. The van der Waals surface area contributed by atoms with Gasteiger partial charge in [0.1, 0.15) is 5.78 Å². The molecule has 1 saturated carbocycles. The van der Waals surface area contributed by atoms with Gasteiger partial charge >= 0.3 is 0 Å². The van der Waals surface area contributed by atoms with E-state index in [-0.39, 0.29) is 5.41 Å². The Morgan fingerprint density at radius 1 is 1.33 bits per heavy atom. The third-order valence-electron chi connectivity index (χ3n) is 4.40. The van der Waals surface area contributed by atoms with Gasteiger partial charge in [0, 0.05) is 19.0 Å². The van der Waals surface area contributed by atoms with Crippen molar-refractivity contribution in [2.75, 3.05) is 13.1 Å². The first-order chi connectivity index (χ1) is 7.17. The third-order valence-corrected chi connectivity index (χ3v) is 4.40. The van der Waals surface area contributed by atoms with Crippen LogP contribution in [0.25, 0.3) is 0 Å². The van der Waals surface area contributed by atoms with Crippen LogP contribution in [-0.4, -0.2) is 18.9 Å². The van der Waals surface area contributed by atoms with E-state index >= 15 is 0 Å². The van der Waals surface area contributed by atoms with Crippen LogP contribution >= 0.6 is 0 Å². The number of hydrogen-bond donors (Lipinski definition) is 1. The lowest BCUT2D eigenvalue weighted by Gasteiger charge is -2.43. The van der Waals surface area contributed by atoms with Crippen LogP contribution in [-0.2, 0) is 4.79 Å². The van der Waals surface area contributed by atoms with Crippen LogP contribution in [0.2, 0.25) is 0 Å². The van der Waals surface area contributed by atoms with Crippen molar-refractivity contribution >= 4 is 5.78 Å². The van der Waals surface area contributed by atoms with Crippen LogP contribution < -0.4 is 5.32 Å². The van der Waals surface area contributed by atoms with E-state index in [0.29, 0.717) is 17.6 Å². The predicted octanol–water partition coefficient (Wildman–Crippen LogP) is 2.38. The molecule has 1 aliphatic heterocycles. The van der Waals surface area contributed by atoms with Crippen molar-refractivity contribution < 1.29 is 4.79 Å². The standard InChI is InChI=1S/C13H23NO/c1-3-10-6-4-5-7-11(10)12(15)13(2)8-14-9-13/h10-11,14H,3-9H2,1-2H3. The summed E-state index contributed by atoms with van der Waals surface area (Å²) in [6, 6.07) is 0. The van der Waals surface area contributed by atoms with Gasteiger partial charge in [0.05, 0.1) is 5.41 Å². The summed E-state index contributed by atoms with van der Waals surface area (Å²) in [5.74, 6) is 1.59. The smallest absolute Gasteiger partial charge is 0.144 e. The molecule has 86 valence electrons. The summed E-state index contributed by atoms with van der Waals surface area (Å²) in [7, 11) is 0. The van der Waals surface area contributed by atoms with Gasteiger partial charge in [0.25, 0.3) is 0 Å². The quantitative estimate of drug-likeness (QED) is 0.773. The van der Waals surface area contributed by atoms with Gasteiger partial charge < -0.3 is 5.32 Å². The van der Waals surface area contributed by atoms with E-state index in [1.165, 1.54) is 25.7 Å². The Balaban J connectivity index is 2.03. The molecule has 0 bridgehead atoms. The molecule has 0 amide bonds. The molecular formula is C13H23NO. The van der Waals surface area contributed by atoms with Crippen LogP contribution in [0, 0.1) is 17.3 Å². The average Bonchev–Trinajstić information content (AvgIpc) is 2.25. The lowest BCUT2D eigenvalue weighted by Crippen LogP contribution is -2.58. The monoisotopic (exact) mass is 209 g/mol. The molecule has 0 aromatic carbocycles. The second kappa shape index (κ2) is 4.25. The molecule has 2 heteroatoms. The Morgan fingerprint density at radius 2 is 2.00 bits per heavy atom. The van der Waals surface area contributed by atoms with Crippen LogP contribution in [0.1, 0.15) is 46.0 Å². The van der Waals surface area contributed by atoms with Crippen molar-refractivity contribution in [1.29, 1.82) is 0 Å². The number of nitrogens with one attached hydrogen (secondary N) is 1. The largest absolute Gasteiger partial charge is 0.315 e. The third kappa shape index (κ3) is 1.96. The molecule has 15 heavy (non-hydrogen) atoms. The summed E-state index contributed by atoms with van der Waals surface area (Å²) in [5, 5.41) is 3.23. The highest BCUT2D eigenvalue weighted by Gasteiger charge is 2.44. The lowest BCUT2D eigenvalue weighted by atomic mass is 9.66. The van der Waals surface area contributed by atoms with Crippen molar-refractivity contribution in [3.8, 4) is 0 Å². The van der Waals surface area contributed by atoms with Gasteiger partial charge in [-0.05, 0) is 18.8 Å². The number of hydrogen-bond acceptors (Lipinski definition) is 2. The van der Waals surface area contributed by atoms with E-state index < -0.39 is 0 Å². The molecule has 1 N–H and O–H groups in total. The molecule has 1 aliphatic carbocycles. The fraction of sp³-hybridized carbons (Fsp3) is 0.923. The highest BCUT2D eigenvalue weighted by atomic mass is 16.1.